The predicted octanol–water partition coefficient (Wildman–Crippen LogP) is 5.67. The number of carbonyl (C=O) groups is 3. The Bertz CT molecular complexity index is 1260. The van der Waals surface area contributed by atoms with E-state index in [4.69, 9.17) is 17.3 Å². The van der Waals surface area contributed by atoms with Crippen molar-refractivity contribution < 1.29 is 40.7 Å². The molecular formula is C26H27ClF6N4O3. The summed E-state index contributed by atoms with van der Waals surface area (Å²) in [6.07, 6.45) is -13.2. The molecule has 0 saturated heterocycles. The number of hydrogen-bond donors (Lipinski definition) is 3. The van der Waals surface area contributed by atoms with Gasteiger partial charge in [0.15, 0.2) is 0 Å². The highest BCUT2D eigenvalue weighted by Crippen LogP contribution is 2.31. The standard InChI is InChI=1S/C23H22ClF3N4O3.C3H5F3/c1-12-4-2-5-13(10-12)18-15-6-3-7-16(24)19(15)30-22(34)20(29-18)31-21(33)14(11-17(28)32)8-9-23(25,26)27;1-2-3(4,5)6/h2-7,10,14,20H,8-9,11H2,1H3,(H2,28,32)(H,30,34)(H,31,33);2H2,1H3. The van der Waals surface area contributed by atoms with Crippen LogP contribution in [-0.4, -0.2) is 42.0 Å². The zero-order chi connectivity index (χ0) is 30.3. The highest BCUT2D eigenvalue weighted by molar-refractivity contribution is 6.36. The van der Waals surface area contributed by atoms with Crippen molar-refractivity contribution in [1.29, 1.82) is 0 Å². The van der Waals surface area contributed by atoms with Gasteiger partial charge < -0.3 is 16.4 Å². The summed E-state index contributed by atoms with van der Waals surface area (Å²) in [5.41, 5.74) is 7.83. The van der Waals surface area contributed by atoms with E-state index < -0.39 is 67.8 Å². The molecule has 2 aromatic rings. The number of para-hydroxylation sites is 1. The first-order valence-electron chi connectivity index (χ1n) is 12.0. The maximum Gasteiger partial charge on any atom is 0.389 e. The summed E-state index contributed by atoms with van der Waals surface area (Å²) in [5, 5.41) is 5.23. The first-order valence-corrected chi connectivity index (χ1v) is 12.3. The van der Waals surface area contributed by atoms with Crippen LogP contribution < -0.4 is 16.4 Å². The van der Waals surface area contributed by atoms with E-state index in [1.807, 2.05) is 19.1 Å². The van der Waals surface area contributed by atoms with E-state index >= 15 is 0 Å². The van der Waals surface area contributed by atoms with Crippen LogP contribution in [0.4, 0.5) is 32.0 Å². The first-order chi connectivity index (χ1) is 18.5. The molecule has 1 aliphatic rings. The Kier molecular flexibility index (Phi) is 11.1. The summed E-state index contributed by atoms with van der Waals surface area (Å²) in [4.78, 5) is 41.5. The Morgan fingerprint density at radius 3 is 2.27 bits per heavy atom. The molecule has 2 aromatic carbocycles. The molecule has 2 unspecified atom stereocenters. The van der Waals surface area contributed by atoms with Crippen LogP contribution in [0.15, 0.2) is 47.5 Å². The highest BCUT2D eigenvalue weighted by Gasteiger charge is 2.34. The van der Waals surface area contributed by atoms with Crippen molar-refractivity contribution >= 4 is 40.7 Å². The highest BCUT2D eigenvalue weighted by atomic mass is 35.5. The molecule has 0 saturated carbocycles. The van der Waals surface area contributed by atoms with Gasteiger partial charge in [-0.1, -0.05) is 54.4 Å². The fourth-order valence-corrected chi connectivity index (χ4v) is 3.80. The molecular weight excluding hydrogens is 566 g/mol. The van der Waals surface area contributed by atoms with Gasteiger partial charge in [-0.3, -0.25) is 14.4 Å². The Hall–Kier alpha value is -3.61. The van der Waals surface area contributed by atoms with Crippen LogP contribution in [0.2, 0.25) is 5.02 Å². The van der Waals surface area contributed by atoms with Crippen LogP contribution in [0.3, 0.4) is 0 Å². The zero-order valence-electron chi connectivity index (χ0n) is 21.4. The molecule has 0 fully saturated rings. The monoisotopic (exact) mass is 592 g/mol. The number of hydrogen-bond acceptors (Lipinski definition) is 4. The van der Waals surface area contributed by atoms with Gasteiger partial charge >= 0.3 is 12.4 Å². The zero-order valence-corrected chi connectivity index (χ0v) is 22.2. The summed E-state index contributed by atoms with van der Waals surface area (Å²) in [7, 11) is 0. The third kappa shape index (κ3) is 10.2. The number of alkyl halides is 6. The van der Waals surface area contributed by atoms with Gasteiger partial charge in [0.2, 0.25) is 18.0 Å². The van der Waals surface area contributed by atoms with E-state index in [1.54, 1.807) is 30.3 Å². The predicted molar refractivity (Wildman–Crippen MR) is 138 cm³/mol. The Balaban J connectivity index is 0.000000840. The van der Waals surface area contributed by atoms with Gasteiger partial charge in [-0.25, -0.2) is 4.99 Å². The topological polar surface area (TPSA) is 114 Å². The average molecular weight is 593 g/mol. The van der Waals surface area contributed by atoms with Gasteiger partial charge in [0, 0.05) is 36.3 Å². The lowest BCUT2D eigenvalue weighted by Crippen LogP contribution is -2.45. The second kappa shape index (κ2) is 13.6. The molecule has 0 aliphatic carbocycles. The van der Waals surface area contributed by atoms with Crippen LogP contribution in [-0.2, 0) is 14.4 Å². The van der Waals surface area contributed by atoms with Gasteiger partial charge in [-0.05, 0) is 25.5 Å². The van der Waals surface area contributed by atoms with E-state index in [1.165, 1.54) is 0 Å². The number of benzodiazepines with no additional fused rings is 1. The lowest BCUT2D eigenvalue weighted by molar-refractivity contribution is -0.143. The van der Waals surface area contributed by atoms with E-state index in [0.717, 1.165) is 12.5 Å². The van der Waals surface area contributed by atoms with E-state index in [9.17, 15) is 40.7 Å². The van der Waals surface area contributed by atoms with Crippen LogP contribution in [0, 0.1) is 12.8 Å². The molecule has 0 bridgehead atoms. The van der Waals surface area contributed by atoms with E-state index in [-0.39, 0.29) is 10.7 Å². The number of aliphatic imine (C=N–C) groups is 1. The largest absolute Gasteiger partial charge is 0.389 e. The van der Waals surface area contributed by atoms with Crippen LogP contribution >= 0.6 is 11.6 Å². The van der Waals surface area contributed by atoms with Crippen molar-refractivity contribution in [3.63, 3.8) is 0 Å². The number of carbonyl (C=O) groups excluding carboxylic acids is 3. The maximum absolute atomic E-state index is 12.9. The third-order valence-electron chi connectivity index (χ3n) is 5.59. The second-order valence-corrected chi connectivity index (χ2v) is 9.31. The molecule has 2 atom stereocenters. The van der Waals surface area contributed by atoms with E-state index in [2.05, 4.69) is 15.6 Å². The van der Waals surface area contributed by atoms with Crippen molar-refractivity contribution in [3.05, 3.63) is 64.2 Å². The third-order valence-corrected chi connectivity index (χ3v) is 5.90. The molecule has 3 rings (SSSR count). The minimum absolute atomic E-state index is 0.245. The molecule has 4 N–H and O–H groups in total. The van der Waals surface area contributed by atoms with E-state index in [0.29, 0.717) is 16.8 Å². The minimum atomic E-state index is -4.52. The lowest BCUT2D eigenvalue weighted by atomic mass is 9.97. The fourth-order valence-electron chi connectivity index (χ4n) is 3.58. The number of nitrogens with two attached hydrogens (primary N) is 1. The number of benzene rings is 2. The summed E-state index contributed by atoms with van der Waals surface area (Å²) in [5.74, 6) is -3.99. The van der Waals surface area contributed by atoms with Gasteiger partial charge in [0.25, 0.3) is 5.91 Å². The Labute approximate surface area is 231 Å². The number of rotatable bonds is 7. The molecule has 1 heterocycles. The summed E-state index contributed by atoms with van der Waals surface area (Å²) >= 11 is 6.29. The number of aryl methyl sites for hydroxylation is 1. The SMILES string of the molecule is CCC(F)(F)F.Cc1cccc(C2=NC(NC(=O)C(CCC(F)(F)F)CC(N)=O)C(=O)Nc3c(Cl)cccc32)c1. The number of amides is 3. The van der Waals surface area contributed by atoms with Gasteiger partial charge in [0.05, 0.1) is 16.4 Å². The molecule has 0 spiro atoms. The second-order valence-electron chi connectivity index (χ2n) is 8.90. The normalized spacial score (nSPS) is 15.9. The molecule has 1 aliphatic heterocycles. The smallest absolute Gasteiger partial charge is 0.370 e. The number of nitrogens with zero attached hydrogens (tertiary/aromatic N) is 1. The molecule has 3 amide bonds. The summed E-state index contributed by atoms with van der Waals surface area (Å²) in [6, 6.07) is 12.2. The van der Waals surface area contributed by atoms with Crippen molar-refractivity contribution in [2.75, 3.05) is 5.32 Å². The minimum Gasteiger partial charge on any atom is -0.370 e. The first kappa shape index (κ1) is 32.6. The van der Waals surface area contributed by atoms with Gasteiger partial charge in [-0.15, -0.1) is 0 Å². The molecule has 218 valence electrons. The van der Waals surface area contributed by atoms with Crippen molar-refractivity contribution in [3.8, 4) is 0 Å². The van der Waals surface area contributed by atoms with Crippen LogP contribution in [0.25, 0.3) is 0 Å². The number of fused-ring (bicyclic) bond motifs is 1. The maximum atomic E-state index is 12.9. The quantitative estimate of drug-likeness (QED) is 0.360. The lowest BCUT2D eigenvalue weighted by Gasteiger charge is -2.19. The van der Waals surface area contributed by atoms with Crippen molar-refractivity contribution in [1.82, 2.24) is 5.32 Å². The number of anilines is 1. The van der Waals surface area contributed by atoms with Gasteiger partial charge in [0.1, 0.15) is 0 Å². The van der Waals surface area contributed by atoms with Crippen LogP contribution in [0.5, 0.6) is 0 Å². The molecule has 0 radical (unpaired) electrons. The summed E-state index contributed by atoms with van der Waals surface area (Å²) in [6.45, 7) is 2.96. The molecule has 14 heteroatoms. The van der Waals surface area contributed by atoms with Crippen molar-refractivity contribution in [2.45, 2.75) is 58.0 Å². The molecule has 7 nitrogen and oxygen atoms in total. The summed E-state index contributed by atoms with van der Waals surface area (Å²) < 4.78 is 70.5. The van der Waals surface area contributed by atoms with Gasteiger partial charge in [-0.2, -0.15) is 26.3 Å². The van der Waals surface area contributed by atoms with Crippen LogP contribution in [0.1, 0.15) is 49.3 Å². The van der Waals surface area contributed by atoms with Crippen molar-refractivity contribution in [2.24, 2.45) is 16.6 Å². The number of halogens is 7. The molecule has 0 aromatic heterocycles. The molecule has 40 heavy (non-hydrogen) atoms. The number of nitrogens with one attached hydrogen (secondary N) is 2. The fraction of sp³-hybridized carbons (Fsp3) is 0.385. The Morgan fingerprint density at radius 1 is 1.10 bits per heavy atom. The average Bonchev–Trinajstić information content (AvgIpc) is 2.98. The number of primary amides is 1. The Morgan fingerprint density at radius 2 is 1.73 bits per heavy atom.